The van der Waals surface area contributed by atoms with Gasteiger partial charge in [-0.15, -0.1) is 6.58 Å². The Morgan fingerprint density at radius 1 is 1.12 bits per heavy atom. The highest BCUT2D eigenvalue weighted by Crippen LogP contribution is 2.51. The van der Waals surface area contributed by atoms with Crippen LogP contribution in [-0.4, -0.2) is 14.8 Å². The van der Waals surface area contributed by atoms with E-state index in [0.29, 0.717) is 0 Å². The fourth-order valence-corrected chi connectivity index (χ4v) is 8.32. The molecule has 2 aliphatic heterocycles. The fourth-order valence-electron chi connectivity index (χ4n) is 4.88. The van der Waals surface area contributed by atoms with Crippen LogP contribution in [0.25, 0.3) is 0 Å². The molecule has 2 aliphatic rings. The van der Waals surface area contributed by atoms with E-state index in [9.17, 15) is 0 Å². The van der Waals surface area contributed by atoms with Gasteiger partial charge in [0.2, 0.25) is 0 Å². The molecule has 2 rings (SSSR count). The van der Waals surface area contributed by atoms with Crippen molar-refractivity contribution in [1.29, 1.82) is 0 Å². The third-order valence-electron chi connectivity index (χ3n) is 5.31. The normalized spacial score (nSPS) is 34.3. The average molecular weight is 248 g/mol. The standard InChI is InChI=1S/C15H29BSi/c1-5-12-16-14-10-6-8-13(9-7-11-14)15(16)17(2,3)4/h5,13-15H,1,6-12H2,2-4H3. The van der Waals surface area contributed by atoms with E-state index in [4.69, 9.17) is 0 Å². The van der Waals surface area contributed by atoms with E-state index in [2.05, 4.69) is 32.3 Å². The van der Waals surface area contributed by atoms with E-state index in [1.807, 2.05) is 0 Å². The van der Waals surface area contributed by atoms with Crippen LogP contribution in [0.15, 0.2) is 12.7 Å². The predicted molar refractivity (Wildman–Crippen MR) is 82.8 cm³/mol. The number of allylic oxidation sites excluding steroid dienone is 1. The maximum Gasteiger partial charge on any atom is 0.147 e. The summed E-state index contributed by atoms with van der Waals surface area (Å²) in [4.78, 5) is 0. The lowest BCUT2D eigenvalue weighted by atomic mass is 9.35. The van der Waals surface area contributed by atoms with Gasteiger partial charge in [-0.1, -0.05) is 81.8 Å². The Morgan fingerprint density at radius 2 is 1.71 bits per heavy atom. The van der Waals surface area contributed by atoms with Crippen LogP contribution in [0.1, 0.15) is 38.5 Å². The van der Waals surface area contributed by atoms with Crippen molar-refractivity contribution in [1.82, 2.24) is 0 Å². The van der Waals surface area contributed by atoms with Gasteiger partial charge in [-0.05, 0) is 5.92 Å². The summed E-state index contributed by atoms with van der Waals surface area (Å²) in [5.41, 5.74) is 1.07. The monoisotopic (exact) mass is 248 g/mol. The van der Waals surface area contributed by atoms with Crippen LogP contribution < -0.4 is 0 Å². The van der Waals surface area contributed by atoms with E-state index in [1.165, 1.54) is 44.8 Å². The highest BCUT2D eigenvalue weighted by Gasteiger charge is 2.46. The van der Waals surface area contributed by atoms with Crippen molar-refractivity contribution >= 4 is 14.8 Å². The Morgan fingerprint density at radius 3 is 2.18 bits per heavy atom. The zero-order chi connectivity index (χ0) is 12.5. The first-order valence-corrected chi connectivity index (χ1v) is 11.2. The molecule has 0 saturated carbocycles. The summed E-state index contributed by atoms with van der Waals surface area (Å²) in [6.45, 7) is 12.8. The Bertz CT molecular complexity index is 259. The summed E-state index contributed by atoms with van der Waals surface area (Å²) in [6, 6.07) is 0. The number of rotatable bonds is 3. The smallest absolute Gasteiger partial charge is 0.104 e. The largest absolute Gasteiger partial charge is 0.147 e. The highest BCUT2D eigenvalue weighted by molar-refractivity contribution is 6.90. The van der Waals surface area contributed by atoms with Crippen LogP contribution in [0.2, 0.25) is 37.2 Å². The molecule has 0 aromatic rings. The fraction of sp³-hybridized carbons (Fsp3) is 0.867. The third-order valence-corrected chi connectivity index (χ3v) is 8.21. The Labute approximate surface area is 109 Å². The van der Waals surface area contributed by atoms with Gasteiger partial charge in [0.25, 0.3) is 0 Å². The molecular weight excluding hydrogens is 219 g/mol. The molecule has 0 radical (unpaired) electrons. The van der Waals surface area contributed by atoms with Crippen molar-refractivity contribution in [2.45, 2.75) is 75.7 Å². The van der Waals surface area contributed by atoms with Gasteiger partial charge in [0.15, 0.2) is 0 Å². The van der Waals surface area contributed by atoms with Crippen LogP contribution in [0, 0.1) is 5.92 Å². The summed E-state index contributed by atoms with van der Waals surface area (Å²) in [5.74, 6) is 2.08. The summed E-state index contributed by atoms with van der Waals surface area (Å²) < 4.78 is 0. The number of hydrogen-bond acceptors (Lipinski definition) is 0. The number of fused-ring (bicyclic) bond motifs is 3. The van der Waals surface area contributed by atoms with E-state index in [-0.39, 0.29) is 0 Å². The van der Waals surface area contributed by atoms with Crippen LogP contribution in [0.5, 0.6) is 0 Å². The molecule has 2 heterocycles. The van der Waals surface area contributed by atoms with E-state index in [1.54, 1.807) is 0 Å². The molecule has 17 heavy (non-hydrogen) atoms. The third kappa shape index (κ3) is 2.89. The first-order valence-electron chi connectivity index (χ1n) is 7.65. The molecule has 0 aliphatic carbocycles. The Kier molecular flexibility index (Phi) is 4.23. The quantitative estimate of drug-likeness (QED) is 0.471. The van der Waals surface area contributed by atoms with E-state index in [0.717, 1.165) is 23.9 Å². The maximum absolute atomic E-state index is 4.03. The van der Waals surface area contributed by atoms with E-state index < -0.39 is 8.07 Å². The molecule has 0 nitrogen and oxygen atoms in total. The summed E-state index contributed by atoms with van der Waals surface area (Å²) in [7, 11) is -1.02. The molecular formula is C15H29BSi. The minimum absolute atomic E-state index is 0.981. The second-order valence-electron chi connectivity index (χ2n) is 7.46. The molecule has 96 valence electrons. The van der Waals surface area contributed by atoms with Gasteiger partial charge in [0.1, 0.15) is 6.71 Å². The van der Waals surface area contributed by atoms with Crippen molar-refractivity contribution < 1.29 is 0 Å². The van der Waals surface area contributed by atoms with Gasteiger partial charge in [-0.3, -0.25) is 0 Å². The highest BCUT2D eigenvalue weighted by atomic mass is 28.3. The molecule has 2 heteroatoms. The molecule has 2 bridgehead atoms. The van der Waals surface area contributed by atoms with Crippen molar-refractivity contribution in [3.8, 4) is 0 Å². The van der Waals surface area contributed by atoms with Gasteiger partial charge in [0, 0.05) is 8.07 Å². The van der Waals surface area contributed by atoms with Crippen molar-refractivity contribution in [2.75, 3.05) is 0 Å². The predicted octanol–water partition coefficient (Wildman–Crippen LogP) is 5.27. The first kappa shape index (κ1) is 13.5. The topological polar surface area (TPSA) is 0 Å². The second kappa shape index (κ2) is 5.34. The van der Waals surface area contributed by atoms with Crippen molar-refractivity contribution in [3.05, 3.63) is 12.7 Å². The lowest BCUT2D eigenvalue weighted by Gasteiger charge is -2.39. The zero-order valence-electron chi connectivity index (χ0n) is 12.0. The SMILES string of the molecule is C=CCB1C2CCCC(CCC2)C1[Si](C)(C)C. The van der Waals surface area contributed by atoms with Crippen LogP contribution >= 0.6 is 0 Å². The van der Waals surface area contributed by atoms with Crippen molar-refractivity contribution in [3.63, 3.8) is 0 Å². The van der Waals surface area contributed by atoms with Crippen LogP contribution in [-0.2, 0) is 0 Å². The first-order chi connectivity index (χ1) is 8.04. The van der Waals surface area contributed by atoms with Gasteiger partial charge in [0.05, 0.1) is 0 Å². The molecule has 2 fully saturated rings. The average Bonchev–Trinajstić information content (AvgIpc) is 2.44. The van der Waals surface area contributed by atoms with E-state index >= 15 is 0 Å². The van der Waals surface area contributed by atoms with Crippen LogP contribution in [0.3, 0.4) is 0 Å². The molecule has 0 aromatic heterocycles. The minimum atomic E-state index is -1.02. The molecule has 0 aromatic carbocycles. The zero-order valence-corrected chi connectivity index (χ0v) is 13.0. The van der Waals surface area contributed by atoms with Gasteiger partial charge in [-0.25, -0.2) is 0 Å². The van der Waals surface area contributed by atoms with Crippen molar-refractivity contribution in [2.24, 2.45) is 5.92 Å². The second-order valence-corrected chi connectivity index (χ2v) is 12.9. The van der Waals surface area contributed by atoms with Gasteiger partial charge in [-0.2, -0.15) is 0 Å². The van der Waals surface area contributed by atoms with Gasteiger partial charge < -0.3 is 0 Å². The molecule has 0 spiro atoms. The minimum Gasteiger partial charge on any atom is -0.104 e. The maximum atomic E-state index is 4.03. The van der Waals surface area contributed by atoms with Crippen LogP contribution in [0.4, 0.5) is 0 Å². The summed E-state index contributed by atoms with van der Waals surface area (Å²) >= 11 is 0. The molecule has 0 N–H and O–H groups in total. The number of hydrogen-bond donors (Lipinski definition) is 0. The summed E-state index contributed by atoms with van der Waals surface area (Å²) in [5, 5.41) is 0. The summed E-state index contributed by atoms with van der Waals surface area (Å²) in [6.07, 6.45) is 12.6. The molecule has 2 saturated heterocycles. The van der Waals surface area contributed by atoms with Gasteiger partial charge >= 0.3 is 0 Å². The molecule has 0 amide bonds. The molecule has 1 atom stereocenters. The Hall–Kier alpha value is 0.0218. The lowest BCUT2D eigenvalue weighted by Crippen LogP contribution is -2.43. The lowest BCUT2D eigenvalue weighted by molar-refractivity contribution is 0.411. The Balaban J connectivity index is 2.31. The molecule has 1 unspecified atom stereocenters.